The van der Waals surface area contributed by atoms with Crippen LogP contribution in [0.5, 0.6) is 0 Å². The normalized spacial score (nSPS) is 22.4. The van der Waals surface area contributed by atoms with Crippen LogP contribution in [0.1, 0.15) is 27.7 Å². The Bertz CT molecular complexity index is 382. The highest BCUT2D eigenvalue weighted by atomic mass is 19.4. The molecule has 0 spiro atoms. The van der Waals surface area contributed by atoms with Gasteiger partial charge in [0.25, 0.3) is 0 Å². The van der Waals surface area contributed by atoms with Crippen LogP contribution in [-0.4, -0.2) is 39.2 Å². The lowest BCUT2D eigenvalue weighted by atomic mass is 9.84. The maximum atomic E-state index is 12.0. The molecule has 0 bridgehead atoms. The molecule has 0 N–H and O–H groups in total. The number of hydrogen-bond donors (Lipinski definition) is 0. The van der Waals surface area contributed by atoms with Crippen molar-refractivity contribution in [3.63, 3.8) is 0 Å². The smallest absolute Gasteiger partial charge is 0.473 e. The number of hydroxylamine groups is 4. The van der Waals surface area contributed by atoms with Gasteiger partial charge in [-0.1, -0.05) is 0 Å². The number of hydrogen-bond acceptors (Lipinski definition) is 3. The van der Waals surface area contributed by atoms with E-state index in [-0.39, 0.29) is 10.1 Å². The fraction of sp³-hybridized carbons (Fsp3) is 0.778. The molecule has 1 aliphatic heterocycles. The van der Waals surface area contributed by atoms with Crippen LogP contribution in [0.3, 0.4) is 0 Å². The van der Waals surface area contributed by atoms with E-state index in [1.165, 1.54) is 27.7 Å². The van der Waals surface area contributed by atoms with Crippen LogP contribution in [0, 0.1) is 10.4 Å². The third-order valence-corrected chi connectivity index (χ3v) is 3.32. The second-order valence-electron chi connectivity index (χ2n) is 4.92. The van der Waals surface area contributed by atoms with E-state index in [0.29, 0.717) is 0 Å². The fourth-order valence-corrected chi connectivity index (χ4v) is 1.32. The summed E-state index contributed by atoms with van der Waals surface area (Å²) in [5.74, 6) is -3.56. The highest BCUT2D eigenvalue weighted by Gasteiger charge is 2.49. The highest BCUT2D eigenvalue weighted by molar-refractivity contribution is 5.97. The Balaban J connectivity index is 3.21. The van der Waals surface area contributed by atoms with E-state index in [1.807, 2.05) is 0 Å². The van der Waals surface area contributed by atoms with Gasteiger partial charge in [0.1, 0.15) is 0 Å². The molecule has 1 aliphatic rings. The largest absolute Gasteiger partial charge is 0.756 e. The van der Waals surface area contributed by atoms with Gasteiger partial charge in [0.15, 0.2) is 5.96 Å². The van der Waals surface area contributed by atoms with E-state index in [0.717, 1.165) is 0 Å². The predicted molar refractivity (Wildman–Crippen MR) is 57.1 cm³/mol. The van der Waals surface area contributed by atoms with E-state index in [4.69, 9.17) is 0 Å². The molecule has 0 aromatic carbocycles. The summed E-state index contributed by atoms with van der Waals surface area (Å²) in [5.41, 5.74) is -2.61. The molecule has 0 unspecified atom stereocenters. The molecule has 1 saturated heterocycles. The standard InChI is InChI=1S/C9H12F3N3O3/c1-7(2)8(3,4)15(18)6(14(7)17)13-5(16)9(10,11)12/h1-4H3/q-2. The first-order chi connectivity index (χ1) is 7.83. The number of amides is 1. The lowest BCUT2D eigenvalue weighted by molar-refractivity contribution is -0.169. The molecule has 0 aliphatic carbocycles. The Hall–Kier alpha value is -1.35. The molecule has 0 radical (unpaired) electrons. The second kappa shape index (κ2) is 3.82. The van der Waals surface area contributed by atoms with Crippen LogP contribution in [0.4, 0.5) is 13.2 Å². The predicted octanol–water partition coefficient (Wildman–Crippen LogP) is 1.60. The van der Waals surface area contributed by atoms with E-state index < -0.39 is 29.1 Å². The molecule has 1 heterocycles. The van der Waals surface area contributed by atoms with Crippen LogP contribution in [0.25, 0.3) is 0 Å². The van der Waals surface area contributed by atoms with Crippen LogP contribution in [0.2, 0.25) is 0 Å². The number of carbonyl (C=O) groups excluding carboxylic acids is 1. The molecule has 0 aromatic rings. The van der Waals surface area contributed by atoms with Gasteiger partial charge in [0, 0.05) is 11.1 Å². The molecular formula is C9H12F3N3O3-2. The van der Waals surface area contributed by atoms with Crippen molar-refractivity contribution in [1.29, 1.82) is 0 Å². The molecule has 1 rings (SSSR count). The van der Waals surface area contributed by atoms with Crippen LogP contribution < -0.4 is 0 Å². The summed E-state index contributed by atoms with van der Waals surface area (Å²) < 4.78 is 36.1. The SMILES string of the molecule is CC1(C)N([O-])C(=NC(=O)C(F)(F)F)N([O-])C1(C)C. The van der Waals surface area contributed by atoms with Crippen LogP contribution >= 0.6 is 0 Å². The molecule has 104 valence electrons. The Labute approximate surface area is 101 Å². The Morgan fingerprint density at radius 1 is 1.11 bits per heavy atom. The van der Waals surface area contributed by atoms with Crippen molar-refractivity contribution < 1.29 is 18.0 Å². The van der Waals surface area contributed by atoms with Crippen molar-refractivity contribution in [2.24, 2.45) is 4.99 Å². The van der Waals surface area contributed by atoms with Crippen molar-refractivity contribution in [3.8, 4) is 0 Å². The van der Waals surface area contributed by atoms with E-state index >= 15 is 0 Å². The summed E-state index contributed by atoms with van der Waals surface area (Å²) in [4.78, 5) is 13.3. The van der Waals surface area contributed by atoms with Crippen molar-refractivity contribution in [2.45, 2.75) is 44.9 Å². The van der Waals surface area contributed by atoms with Crippen LogP contribution in [-0.2, 0) is 4.79 Å². The number of alkyl halides is 3. The monoisotopic (exact) mass is 267 g/mol. The summed E-state index contributed by atoms with van der Waals surface area (Å²) in [6, 6.07) is 0. The summed E-state index contributed by atoms with van der Waals surface area (Å²) in [6.45, 7) is 5.52. The molecular weight excluding hydrogens is 255 g/mol. The summed E-state index contributed by atoms with van der Waals surface area (Å²) in [6.07, 6.45) is -5.22. The maximum absolute atomic E-state index is 12.0. The molecule has 1 amide bonds. The number of rotatable bonds is 0. The molecule has 18 heavy (non-hydrogen) atoms. The second-order valence-corrected chi connectivity index (χ2v) is 4.92. The summed E-state index contributed by atoms with van der Waals surface area (Å²) in [7, 11) is 0. The molecule has 0 saturated carbocycles. The average molecular weight is 267 g/mol. The van der Waals surface area contributed by atoms with Gasteiger partial charge >= 0.3 is 12.1 Å². The van der Waals surface area contributed by atoms with Gasteiger partial charge < -0.3 is 20.5 Å². The van der Waals surface area contributed by atoms with Gasteiger partial charge in [0.05, 0.1) is 0 Å². The highest BCUT2D eigenvalue weighted by Crippen LogP contribution is 2.40. The Morgan fingerprint density at radius 3 is 1.72 bits per heavy atom. The van der Waals surface area contributed by atoms with Crippen LogP contribution in [0.15, 0.2) is 4.99 Å². The zero-order valence-electron chi connectivity index (χ0n) is 10.2. The zero-order valence-corrected chi connectivity index (χ0v) is 10.2. The Kier molecular flexibility index (Phi) is 3.12. The van der Waals surface area contributed by atoms with Crippen molar-refractivity contribution >= 4 is 11.9 Å². The zero-order chi connectivity index (χ0) is 14.5. The van der Waals surface area contributed by atoms with Crippen molar-refractivity contribution in [3.05, 3.63) is 10.4 Å². The minimum absolute atomic E-state index is 0.0314. The number of halogens is 3. The number of guanidine groups is 1. The van der Waals surface area contributed by atoms with E-state index in [9.17, 15) is 28.4 Å². The topological polar surface area (TPSA) is 82.0 Å². The molecule has 1 fully saturated rings. The third kappa shape index (κ3) is 1.93. The van der Waals surface area contributed by atoms with E-state index in [2.05, 4.69) is 4.99 Å². The maximum Gasteiger partial charge on any atom is 0.473 e. The summed E-state index contributed by atoms with van der Waals surface area (Å²) in [5, 5.41) is 23.5. The first-order valence-electron chi connectivity index (χ1n) is 4.98. The number of aliphatic imine (C=N–C) groups is 1. The van der Waals surface area contributed by atoms with Crippen molar-refractivity contribution in [2.75, 3.05) is 0 Å². The summed E-state index contributed by atoms with van der Waals surface area (Å²) >= 11 is 0. The molecule has 6 nitrogen and oxygen atoms in total. The van der Waals surface area contributed by atoms with Gasteiger partial charge in [-0.15, -0.1) is 0 Å². The molecule has 0 atom stereocenters. The van der Waals surface area contributed by atoms with E-state index in [1.54, 1.807) is 0 Å². The molecule has 9 heteroatoms. The van der Waals surface area contributed by atoms with Gasteiger partial charge in [-0.05, 0) is 27.7 Å². The van der Waals surface area contributed by atoms with Gasteiger partial charge in [-0.25, -0.2) is 0 Å². The van der Waals surface area contributed by atoms with Crippen molar-refractivity contribution in [1.82, 2.24) is 10.1 Å². The molecule has 0 aromatic heterocycles. The average Bonchev–Trinajstić information content (AvgIpc) is 2.30. The Morgan fingerprint density at radius 2 is 1.44 bits per heavy atom. The van der Waals surface area contributed by atoms with Gasteiger partial charge in [-0.2, -0.15) is 18.2 Å². The quantitative estimate of drug-likeness (QED) is 0.665. The first kappa shape index (κ1) is 14.7. The van der Waals surface area contributed by atoms with Gasteiger partial charge in [0.2, 0.25) is 0 Å². The minimum atomic E-state index is -5.22. The lowest BCUT2D eigenvalue weighted by Crippen LogP contribution is -2.51. The lowest BCUT2D eigenvalue weighted by Gasteiger charge is -2.46. The number of carbonyl (C=O) groups is 1. The minimum Gasteiger partial charge on any atom is -0.756 e. The number of nitrogens with zero attached hydrogens (tertiary/aromatic N) is 3. The first-order valence-corrected chi connectivity index (χ1v) is 4.98. The van der Waals surface area contributed by atoms with Gasteiger partial charge in [-0.3, -0.25) is 4.79 Å². The fourth-order valence-electron chi connectivity index (χ4n) is 1.32. The third-order valence-electron chi connectivity index (χ3n) is 3.32.